The van der Waals surface area contributed by atoms with Crippen LogP contribution in [-0.4, -0.2) is 91.2 Å². The van der Waals surface area contributed by atoms with Gasteiger partial charge in [-0.05, 0) is 39.1 Å². The molecule has 2 fully saturated rings. The number of nitrogens with zero attached hydrogens (tertiary/aromatic N) is 3. The van der Waals surface area contributed by atoms with Gasteiger partial charge in [0.1, 0.15) is 5.69 Å². The molecular formula is C17H28N4O2. The quantitative estimate of drug-likeness (QED) is 0.895. The van der Waals surface area contributed by atoms with Crippen molar-refractivity contribution in [3.8, 4) is 0 Å². The molecule has 0 aromatic carbocycles. The summed E-state index contributed by atoms with van der Waals surface area (Å²) in [4.78, 5) is 22.3. The van der Waals surface area contributed by atoms with Crippen molar-refractivity contribution in [1.29, 1.82) is 0 Å². The Hall–Kier alpha value is -1.37. The van der Waals surface area contributed by atoms with E-state index in [9.17, 15) is 4.79 Å². The van der Waals surface area contributed by atoms with E-state index in [1.165, 1.54) is 0 Å². The molecule has 6 nitrogen and oxygen atoms in total. The number of aromatic amines is 1. The summed E-state index contributed by atoms with van der Waals surface area (Å²) in [5, 5.41) is 0. The molecule has 3 rings (SSSR count). The van der Waals surface area contributed by atoms with Crippen LogP contribution in [0.4, 0.5) is 0 Å². The molecule has 0 saturated carbocycles. The lowest BCUT2D eigenvalue weighted by molar-refractivity contribution is -0.0724. The fraction of sp³-hybridized carbons (Fsp3) is 0.706. The van der Waals surface area contributed by atoms with E-state index in [-0.39, 0.29) is 12.0 Å². The zero-order chi connectivity index (χ0) is 16.2. The van der Waals surface area contributed by atoms with E-state index in [0.29, 0.717) is 11.7 Å². The molecule has 1 aromatic heterocycles. The third kappa shape index (κ3) is 3.94. The van der Waals surface area contributed by atoms with E-state index in [4.69, 9.17) is 4.74 Å². The van der Waals surface area contributed by atoms with Crippen LogP contribution in [0.2, 0.25) is 0 Å². The minimum atomic E-state index is 0.105. The number of hydrogen-bond acceptors (Lipinski definition) is 4. The first-order chi connectivity index (χ1) is 11.1. The molecule has 2 saturated heterocycles. The Morgan fingerprint density at radius 1 is 1.35 bits per heavy atom. The number of hydrogen-bond donors (Lipinski definition) is 1. The number of carbonyl (C=O) groups excluding carboxylic acids is 1. The summed E-state index contributed by atoms with van der Waals surface area (Å²) in [7, 11) is 4.23. The second kappa shape index (κ2) is 7.47. The van der Waals surface area contributed by atoms with Crippen molar-refractivity contribution in [2.24, 2.45) is 0 Å². The monoisotopic (exact) mass is 320 g/mol. The average Bonchev–Trinajstić information content (AvgIpc) is 2.99. The minimum Gasteiger partial charge on any atom is -0.375 e. The van der Waals surface area contributed by atoms with Gasteiger partial charge in [-0.15, -0.1) is 0 Å². The topological polar surface area (TPSA) is 51.8 Å². The summed E-state index contributed by atoms with van der Waals surface area (Å²) in [6.07, 6.45) is 3.98. The molecule has 3 heterocycles. The lowest BCUT2D eigenvalue weighted by Gasteiger charge is -2.40. The van der Waals surface area contributed by atoms with Gasteiger partial charge in [-0.3, -0.25) is 9.69 Å². The number of amides is 1. The van der Waals surface area contributed by atoms with Crippen LogP contribution in [0.25, 0.3) is 0 Å². The Kier molecular flexibility index (Phi) is 5.35. The molecule has 2 aliphatic rings. The zero-order valence-corrected chi connectivity index (χ0v) is 14.2. The summed E-state index contributed by atoms with van der Waals surface area (Å²) in [5.74, 6) is 0.105. The van der Waals surface area contributed by atoms with Crippen molar-refractivity contribution in [3.05, 3.63) is 24.0 Å². The van der Waals surface area contributed by atoms with E-state index in [2.05, 4.69) is 28.9 Å². The van der Waals surface area contributed by atoms with Crippen molar-refractivity contribution >= 4 is 5.91 Å². The minimum absolute atomic E-state index is 0.105. The highest BCUT2D eigenvalue weighted by Gasteiger charge is 2.35. The highest BCUT2D eigenvalue weighted by molar-refractivity contribution is 5.92. The molecule has 128 valence electrons. The molecular weight excluding hydrogens is 292 g/mol. The number of carbonyl (C=O) groups is 1. The van der Waals surface area contributed by atoms with Crippen LogP contribution < -0.4 is 0 Å². The summed E-state index contributed by atoms with van der Waals surface area (Å²) in [6, 6.07) is 4.15. The number of likely N-dealkylation sites (tertiary alicyclic amines) is 1. The smallest absolute Gasteiger partial charge is 0.270 e. The van der Waals surface area contributed by atoms with Crippen molar-refractivity contribution in [1.82, 2.24) is 19.7 Å². The second-order valence-electron chi connectivity index (χ2n) is 6.77. The SMILES string of the molecule is CN(C)CCN1CCO[C@H]2CCN(C(=O)c3ccc[nH]3)CC[C@@H]21. The lowest BCUT2D eigenvalue weighted by Crippen LogP contribution is -2.52. The van der Waals surface area contributed by atoms with E-state index >= 15 is 0 Å². The second-order valence-corrected chi connectivity index (χ2v) is 6.77. The number of fused-ring (bicyclic) bond motifs is 1. The van der Waals surface area contributed by atoms with Gasteiger partial charge < -0.3 is 19.5 Å². The van der Waals surface area contributed by atoms with E-state index in [1.807, 2.05) is 17.0 Å². The fourth-order valence-electron chi connectivity index (χ4n) is 3.60. The van der Waals surface area contributed by atoms with Gasteiger partial charge in [0.2, 0.25) is 0 Å². The Labute approximate surface area is 138 Å². The predicted molar refractivity (Wildman–Crippen MR) is 89.6 cm³/mol. The maximum Gasteiger partial charge on any atom is 0.270 e. The molecule has 6 heteroatoms. The van der Waals surface area contributed by atoms with Gasteiger partial charge in [-0.1, -0.05) is 0 Å². The normalized spacial score (nSPS) is 26.1. The molecule has 0 aliphatic carbocycles. The van der Waals surface area contributed by atoms with E-state index in [0.717, 1.165) is 52.2 Å². The molecule has 2 aliphatic heterocycles. The molecule has 1 aromatic rings. The van der Waals surface area contributed by atoms with Crippen LogP contribution in [0.3, 0.4) is 0 Å². The highest BCUT2D eigenvalue weighted by atomic mass is 16.5. The first kappa shape index (κ1) is 16.5. The maximum absolute atomic E-state index is 12.5. The van der Waals surface area contributed by atoms with Crippen LogP contribution in [0.1, 0.15) is 23.3 Å². The Morgan fingerprint density at radius 2 is 2.17 bits per heavy atom. The van der Waals surface area contributed by atoms with E-state index < -0.39 is 0 Å². The first-order valence-electron chi connectivity index (χ1n) is 8.58. The lowest BCUT2D eigenvalue weighted by atomic mass is 10.0. The summed E-state index contributed by atoms with van der Waals surface area (Å²) in [5.41, 5.74) is 0.681. The van der Waals surface area contributed by atoms with Crippen molar-refractivity contribution in [2.45, 2.75) is 25.0 Å². The molecule has 0 bridgehead atoms. The molecule has 0 radical (unpaired) electrons. The molecule has 1 N–H and O–H groups in total. The maximum atomic E-state index is 12.5. The van der Waals surface area contributed by atoms with Gasteiger partial charge in [-0.2, -0.15) is 0 Å². The number of rotatable bonds is 4. The van der Waals surface area contributed by atoms with Crippen LogP contribution in [0, 0.1) is 0 Å². The fourth-order valence-corrected chi connectivity index (χ4v) is 3.60. The summed E-state index contributed by atoms with van der Waals surface area (Å²) in [6.45, 7) is 5.52. The van der Waals surface area contributed by atoms with Crippen molar-refractivity contribution < 1.29 is 9.53 Å². The van der Waals surface area contributed by atoms with Gasteiger partial charge >= 0.3 is 0 Å². The van der Waals surface area contributed by atoms with Gasteiger partial charge in [0.25, 0.3) is 5.91 Å². The third-order valence-electron chi connectivity index (χ3n) is 4.94. The first-order valence-corrected chi connectivity index (χ1v) is 8.58. The molecule has 1 amide bonds. The van der Waals surface area contributed by atoms with Gasteiger partial charge in [0.15, 0.2) is 0 Å². The Morgan fingerprint density at radius 3 is 2.91 bits per heavy atom. The van der Waals surface area contributed by atoms with E-state index in [1.54, 1.807) is 6.20 Å². The molecule has 0 unspecified atom stereocenters. The van der Waals surface area contributed by atoms with Crippen LogP contribution >= 0.6 is 0 Å². The van der Waals surface area contributed by atoms with Gasteiger partial charge in [0.05, 0.1) is 12.7 Å². The Bertz CT molecular complexity index is 503. The molecule has 2 atom stereocenters. The largest absolute Gasteiger partial charge is 0.375 e. The standard InChI is InChI=1S/C17H28N4O2/c1-19(2)10-11-20-12-13-23-16-6-9-21(8-5-15(16)20)17(22)14-4-3-7-18-14/h3-4,7,15-16,18H,5-6,8-13H2,1-2H3/t15-,16-/m0/s1. The van der Waals surface area contributed by atoms with Gasteiger partial charge in [-0.25, -0.2) is 0 Å². The average molecular weight is 320 g/mol. The number of ether oxygens (including phenoxy) is 1. The predicted octanol–water partition coefficient (Wildman–Crippen LogP) is 0.882. The van der Waals surface area contributed by atoms with Crippen molar-refractivity contribution in [2.75, 3.05) is 53.4 Å². The van der Waals surface area contributed by atoms with Crippen molar-refractivity contribution in [3.63, 3.8) is 0 Å². The highest BCUT2D eigenvalue weighted by Crippen LogP contribution is 2.24. The van der Waals surface area contributed by atoms with Crippen LogP contribution in [0.15, 0.2) is 18.3 Å². The molecule has 23 heavy (non-hydrogen) atoms. The zero-order valence-electron chi connectivity index (χ0n) is 14.2. The number of morpholine rings is 1. The van der Waals surface area contributed by atoms with Crippen LogP contribution in [0.5, 0.6) is 0 Å². The number of nitrogens with one attached hydrogen (secondary N) is 1. The third-order valence-corrected chi connectivity index (χ3v) is 4.94. The summed E-state index contributed by atoms with van der Waals surface area (Å²) >= 11 is 0. The summed E-state index contributed by atoms with van der Waals surface area (Å²) < 4.78 is 6.02. The number of H-pyrrole nitrogens is 1. The number of aromatic nitrogens is 1. The van der Waals surface area contributed by atoms with Gasteiger partial charge in [0, 0.05) is 45.0 Å². The number of likely N-dealkylation sites (N-methyl/N-ethyl adjacent to an activating group) is 1. The Balaban J connectivity index is 1.63. The van der Waals surface area contributed by atoms with Crippen LogP contribution in [-0.2, 0) is 4.74 Å². The molecule has 0 spiro atoms.